The lowest BCUT2D eigenvalue weighted by Gasteiger charge is -2.21. The number of carbonyl (C=O) groups is 1. The third-order valence-electron chi connectivity index (χ3n) is 1.99. The van der Waals surface area contributed by atoms with Gasteiger partial charge in [0.15, 0.2) is 11.5 Å². The Labute approximate surface area is 80.6 Å². The summed E-state index contributed by atoms with van der Waals surface area (Å²) in [5, 5.41) is 8.62. The highest BCUT2D eigenvalue weighted by Gasteiger charge is 2.23. The quantitative estimate of drug-likeness (QED) is 0.735. The number of ether oxygens (including phenoxy) is 2. The van der Waals surface area contributed by atoms with Crippen LogP contribution in [0.4, 0.5) is 0 Å². The van der Waals surface area contributed by atoms with Crippen molar-refractivity contribution in [2.45, 2.75) is 19.4 Å². The first-order valence-corrected chi connectivity index (χ1v) is 4.38. The topological polar surface area (TPSA) is 71.6 Å². The zero-order valence-corrected chi connectivity index (χ0v) is 7.74. The molecule has 2 N–H and O–H groups in total. The molecule has 0 saturated carbocycles. The molecule has 1 aromatic heterocycles. The number of hydrogen-bond acceptors (Lipinski definition) is 3. The Bertz CT molecular complexity index is 358. The number of hydrogen-bond donors (Lipinski definition) is 2. The summed E-state index contributed by atoms with van der Waals surface area (Å²) in [5.41, 5.74) is 0.555. The molecule has 0 spiro atoms. The van der Waals surface area contributed by atoms with Crippen molar-refractivity contribution in [3.05, 3.63) is 11.9 Å². The van der Waals surface area contributed by atoms with Gasteiger partial charge in [0, 0.05) is 6.20 Å². The number of fused-ring (bicyclic) bond motifs is 1. The van der Waals surface area contributed by atoms with Crippen LogP contribution in [0, 0.1) is 0 Å². The number of aromatic amines is 1. The Morgan fingerprint density at radius 2 is 2.57 bits per heavy atom. The standard InChI is InChI=1S/C9H11NO4/c1-5-4-13-9-6(2-8(11)12)10-3-7(9)14-5/h3,5,10H,2,4H2,1H3,(H,11,12). The Kier molecular flexibility index (Phi) is 2.07. The van der Waals surface area contributed by atoms with Gasteiger partial charge < -0.3 is 19.6 Å². The molecular weight excluding hydrogens is 186 g/mol. The molecule has 0 bridgehead atoms. The van der Waals surface area contributed by atoms with Crippen LogP contribution in [0.5, 0.6) is 11.5 Å². The molecule has 0 amide bonds. The van der Waals surface area contributed by atoms with Crippen LogP contribution in [0.2, 0.25) is 0 Å². The zero-order chi connectivity index (χ0) is 10.1. The van der Waals surface area contributed by atoms with E-state index in [4.69, 9.17) is 14.6 Å². The van der Waals surface area contributed by atoms with Crippen molar-refractivity contribution in [2.24, 2.45) is 0 Å². The zero-order valence-electron chi connectivity index (χ0n) is 7.74. The molecule has 1 atom stereocenters. The summed E-state index contributed by atoms with van der Waals surface area (Å²) < 4.78 is 10.8. The summed E-state index contributed by atoms with van der Waals surface area (Å²) in [6.07, 6.45) is 1.56. The van der Waals surface area contributed by atoms with Crippen LogP contribution in [0.15, 0.2) is 6.20 Å². The van der Waals surface area contributed by atoms with Crippen LogP contribution in [-0.2, 0) is 11.2 Å². The van der Waals surface area contributed by atoms with Gasteiger partial charge in [-0.25, -0.2) is 0 Å². The molecule has 0 fully saturated rings. The van der Waals surface area contributed by atoms with Crippen LogP contribution in [-0.4, -0.2) is 28.8 Å². The molecule has 14 heavy (non-hydrogen) atoms. The minimum atomic E-state index is -0.892. The highest BCUT2D eigenvalue weighted by Crippen LogP contribution is 2.35. The molecular formula is C9H11NO4. The molecule has 0 radical (unpaired) electrons. The van der Waals surface area contributed by atoms with Gasteiger partial charge in [-0.2, -0.15) is 0 Å². The molecule has 5 heteroatoms. The van der Waals surface area contributed by atoms with Gasteiger partial charge in [0.25, 0.3) is 0 Å². The van der Waals surface area contributed by atoms with Gasteiger partial charge in [-0.1, -0.05) is 0 Å². The predicted octanol–water partition coefficient (Wildman–Crippen LogP) is 0.802. The molecule has 1 aliphatic rings. The van der Waals surface area contributed by atoms with Crippen molar-refractivity contribution in [2.75, 3.05) is 6.61 Å². The van der Waals surface area contributed by atoms with Crippen molar-refractivity contribution in [1.29, 1.82) is 0 Å². The Morgan fingerprint density at radius 1 is 1.79 bits per heavy atom. The minimum absolute atomic E-state index is 0.0102. The fraction of sp³-hybridized carbons (Fsp3) is 0.444. The number of rotatable bonds is 2. The van der Waals surface area contributed by atoms with Crippen molar-refractivity contribution in [3.63, 3.8) is 0 Å². The van der Waals surface area contributed by atoms with E-state index in [-0.39, 0.29) is 12.5 Å². The first-order valence-electron chi connectivity index (χ1n) is 4.38. The molecule has 5 nitrogen and oxygen atoms in total. The molecule has 0 aliphatic carbocycles. The maximum absolute atomic E-state index is 10.5. The predicted molar refractivity (Wildman–Crippen MR) is 47.7 cm³/mol. The van der Waals surface area contributed by atoms with Gasteiger partial charge in [-0.15, -0.1) is 0 Å². The number of carboxylic acid groups (broad SMARTS) is 1. The lowest BCUT2D eigenvalue weighted by atomic mass is 10.2. The molecule has 76 valence electrons. The van der Waals surface area contributed by atoms with Crippen molar-refractivity contribution >= 4 is 5.97 Å². The molecule has 2 heterocycles. The molecule has 1 aliphatic heterocycles. The van der Waals surface area contributed by atoms with Crippen LogP contribution in [0.3, 0.4) is 0 Å². The Morgan fingerprint density at radius 3 is 3.29 bits per heavy atom. The van der Waals surface area contributed by atoms with E-state index in [1.165, 1.54) is 0 Å². The van der Waals surface area contributed by atoms with Crippen LogP contribution >= 0.6 is 0 Å². The van der Waals surface area contributed by atoms with E-state index in [1.54, 1.807) is 6.20 Å². The van der Waals surface area contributed by atoms with Crippen LogP contribution in [0.1, 0.15) is 12.6 Å². The van der Waals surface area contributed by atoms with Gasteiger partial charge in [0.05, 0.1) is 12.1 Å². The number of aliphatic carboxylic acids is 1. The maximum Gasteiger partial charge on any atom is 0.309 e. The monoisotopic (exact) mass is 197 g/mol. The van der Waals surface area contributed by atoms with E-state index >= 15 is 0 Å². The number of aromatic nitrogens is 1. The lowest BCUT2D eigenvalue weighted by Crippen LogP contribution is -2.25. The first kappa shape index (κ1) is 8.93. The fourth-order valence-electron chi connectivity index (χ4n) is 1.41. The third kappa shape index (κ3) is 1.53. The second-order valence-electron chi connectivity index (χ2n) is 3.27. The molecule has 2 rings (SSSR count). The van der Waals surface area contributed by atoms with E-state index in [1.807, 2.05) is 6.92 Å². The molecule has 0 aromatic carbocycles. The summed E-state index contributed by atoms with van der Waals surface area (Å²) in [6.45, 7) is 2.35. The minimum Gasteiger partial charge on any atom is -0.484 e. The second kappa shape index (κ2) is 3.25. The van der Waals surface area contributed by atoms with Gasteiger partial charge in [0.2, 0.25) is 0 Å². The van der Waals surface area contributed by atoms with E-state index in [2.05, 4.69) is 4.98 Å². The number of carboxylic acids is 1. The van der Waals surface area contributed by atoms with E-state index in [0.717, 1.165) is 0 Å². The highest BCUT2D eigenvalue weighted by molar-refractivity contribution is 5.71. The normalized spacial score (nSPS) is 19.4. The Balaban J connectivity index is 2.24. The fourth-order valence-corrected chi connectivity index (χ4v) is 1.41. The number of H-pyrrole nitrogens is 1. The van der Waals surface area contributed by atoms with E-state index < -0.39 is 5.97 Å². The van der Waals surface area contributed by atoms with E-state index in [9.17, 15) is 4.79 Å². The van der Waals surface area contributed by atoms with Crippen molar-refractivity contribution in [3.8, 4) is 11.5 Å². The third-order valence-corrected chi connectivity index (χ3v) is 1.99. The lowest BCUT2D eigenvalue weighted by molar-refractivity contribution is -0.136. The summed E-state index contributed by atoms with van der Waals surface area (Å²) in [7, 11) is 0. The summed E-state index contributed by atoms with van der Waals surface area (Å²) in [6, 6.07) is 0. The van der Waals surface area contributed by atoms with Crippen LogP contribution in [0.25, 0.3) is 0 Å². The molecule has 1 aromatic rings. The van der Waals surface area contributed by atoms with Gasteiger partial charge in [0.1, 0.15) is 12.7 Å². The highest BCUT2D eigenvalue weighted by atomic mass is 16.6. The Hall–Kier alpha value is -1.65. The molecule has 1 unspecified atom stereocenters. The maximum atomic E-state index is 10.5. The smallest absolute Gasteiger partial charge is 0.309 e. The van der Waals surface area contributed by atoms with Gasteiger partial charge >= 0.3 is 5.97 Å². The number of nitrogens with one attached hydrogen (secondary N) is 1. The summed E-state index contributed by atoms with van der Waals surface area (Å²) in [5.74, 6) is 0.238. The average Bonchev–Trinajstić information content (AvgIpc) is 2.47. The summed E-state index contributed by atoms with van der Waals surface area (Å²) >= 11 is 0. The van der Waals surface area contributed by atoms with Crippen LogP contribution < -0.4 is 9.47 Å². The van der Waals surface area contributed by atoms with Crippen molar-refractivity contribution < 1.29 is 19.4 Å². The SMILES string of the molecule is CC1COc2c(c[nH]c2CC(=O)O)O1. The van der Waals surface area contributed by atoms with Gasteiger partial charge in [-0.05, 0) is 6.92 Å². The summed E-state index contributed by atoms with van der Waals surface area (Å²) in [4.78, 5) is 13.3. The van der Waals surface area contributed by atoms with Crippen molar-refractivity contribution in [1.82, 2.24) is 4.98 Å². The average molecular weight is 197 g/mol. The second-order valence-corrected chi connectivity index (χ2v) is 3.27. The van der Waals surface area contributed by atoms with E-state index in [0.29, 0.717) is 23.8 Å². The largest absolute Gasteiger partial charge is 0.484 e. The first-order chi connectivity index (χ1) is 6.66. The molecule has 0 saturated heterocycles. The van der Waals surface area contributed by atoms with Gasteiger partial charge in [-0.3, -0.25) is 4.79 Å².